The van der Waals surface area contributed by atoms with Crippen molar-refractivity contribution in [2.24, 2.45) is 5.92 Å². The first-order chi connectivity index (χ1) is 14.1. The van der Waals surface area contributed by atoms with Crippen LogP contribution in [-0.4, -0.2) is 64.4 Å². The highest BCUT2D eigenvalue weighted by Crippen LogP contribution is 2.36. The number of hydrogen-bond acceptors (Lipinski definition) is 6. The van der Waals surface area contributed by atoms with Crippen molar-refractivity contribution >= 4 is 21.8 Å². The minimum Gasteiger partial charge on any atom is -0.493 e. The van der Waals surface area contributed by atoms with Gasteiger partial charge in [0.05, 0.1) is 25.0 Å². The Bertz CT molecular complexity index is 900. The van der Waals surface area contributed by atoms with Gasteiger partial charge in [0.2, 0.25) is 21.8 Å². The Labute approximate surface area is 178 Å². The molecule has 0 aliphatic carbocycles. The quantitative estimate of drug-likeness (QED) is 0.654. The van der Waals surface area contributed by atoms with Gasteiger partial charge in [0.1, 0.15) is 6.04 Å². The molecule has 1 saturated heterocycles. The molecule has 1 aromatic carbocycles. The van der Waals surface area contributed by atoms with Crippen LogP contribution in [0.15, 0.2) is 17.0 Å². The van der Waals surface area contributed by atoms with Gasteiger partial charge in [-0.25, -0.2) is 8.42 Å². The summed E-state index contributed by atoms with van der Waals surface area (Å²) in [5.74, 6) is -0.911. The van der Waals surface area contributed by atoms with E-state index in [-0.39, 0.29) is 29.1 Å². The Morgan fingerprint density at radius 2 is 1.83 bits per heavy atom. The number of ether oxygens (including phenoxy) is 2. The summed E-state index contributed by atoms with van der Waals surface area (Å²) in [7, 11) is 0.289. The Kier molecular flexibility index (Phi) is 7.70. The maximum absolute atomic E-state index is 13.6. The van der Waals surface area contributed by atoms with Crippen molar-refractivity contribution in [2.75, 3.05) is 27.8 Å². The molecule has 0 radical (unpaired) electrons. The Hall–Kier alpha value is -2.33. The number of aryl methyl sites for hydroxylation is 1. The van der Waals surface area contributed by atoms with Crippen LogP contribution in [-0.2, 0) is 19.6 Å². The summed E-state index contributed by atoms with van der Waals surface area (Å²) in [6.45, 7) is 5.42. The predicted molar refractivity (Wildman–Crippen MR) is 112 cm³/mol. The van der Waals surface area contributed by atoms with Gasteiger partial charge in [0.15, 0.2) is 11.5 Å². The molecule has 0 bridgehead atoms. The third-order valence-electron chi connectivity index (χ3n) is 5.11. The molecular formula is C20H31N3O6S. The smallest absolute Gasteiger partial charge is 0.243 e. The third kappa shape index (κ3) is 4.70. The van der Waals surface area contributed by atoms with Gasteiger partial charge in [0.25, 0.3) is 0 Å². The van der Waals surface area contributed by atoms with E-state index in [1.165, 1.54) is 33.4 Å². The number of sulfonamides is 1. The van der Waals surface area contributed by atoms with Crippen molar-refractivity contribution in [1.82, 2.24) is 14.9 Å². The fraction of sp³-hybridized carbons (Fsp3) is 0.600. The van der Waals surface area contributed by atoms with Crippen LogP contribution in [0.4, 0.5) is 0 Å². The zero-order valence-corrected chi connectivity index (χ0v) is 19.1. The van der Waals surface area contributed by atoms with E-state index in [2.05, 4.69) is 10.6 Å². The van der Waals surface area contributed by atoms with Gasteiger partial charge in [-0.05, 0) is 45.2 Å². The number of carbonyl (C=O) groups excluding carboxylic acids is 2. The minimum atomic E-state index is -4.09. The van der Waals surface area contributed by atoms with E-state index in [9.17, 15) is 18.0 Å². The van der Waals surface area contributed by atoms with E-state index in [0.29, 0.717) is 24.2 Å². The Morgan fingerprint density at radius 1 is 1.17 bits per heavy atom. The van der Waals surface area contributed by atoms with Gasteiger partial charge in [-0.15, -0.1) is 0 Å². The molecule has 0 aromatic heterocycles. The summed E-state index contributed by atoms with van der Waals surface area (Å²) in [4.78, 5) is 25.4. The molecule has 2 amide bonds. The fourth-order valence-corrected chi connectivity index (χ4v) is 5.55. The largest absolute Gasteiger partial charge is 0.493 e. The number of nitrogens with zero attached hydrogens (tertiary/aromatic N) is 1. The topological polar surface area (TPSA) is 114 Å². The van der Waals surface area contributed by atoms with Crippen molar-refractivity contribution in [1.29, 1.82) is 0 Å². The van der Waals surface area contributed by atoms with E-state index in [1.807, 2.05) is 0 Å². The maximum Gasteiger partial charge on any atom is 0.243 e. The lowest BCUT2D eigenvalue weighted by molar-refractivity contribution is -0.136. The fourth-order valence-electron chi connectivity index (χ4n) is 3.78. The number of piperidine rings is 1. The molecule has 2 rings (SSSR count). The first-order valence-electron chi connectivity index (χ1n) is 9.84. The van der Waals surface area contributed by atoms with Crippen LogP contribution in [0.1, 0.15) is 32.3 Å². The average Bonchev–Trinajstić information content (AvgIpc) is 2.71. The minimum absolute atomic E-state index is 0.0162. The summed E-state index contributed by atoms with van der Waals surface area (Å²) < 4.78 is 38.9. The molecular weight excluding hydrogens is 410 g/mol. The molecule has 9 nitrogen and oxygen atoms in total. The monoisotopic (exact) mass is 441 g/mol. The molecule has 2 atom stereocenters. The second-order valence-electron chi connectivity index (χ2n) is 7.56. The van der Waals surface area contributed by atoms with Gasteiger partial charge in [-0.1, -0.05) is 0 Å². The standard InChI is InChI=1S/C20H31N3O6S/c1-12(2)22-20(25)17-15(19(24)21-4)8-7-9-23(17)30(26,27)14-10-13(3)18(29-6)16(11-14)28-5/h10-12,15,17H,7-9H2,1-6H3,(H,21,24)(H,22,25). The van der Waals surface area contributed by atoms with Crippen LogP contribution >= 0.6 is 0 Å². The third-order valence-corrected chi connectivity index (χ3v) is 6.97. The molecule has 1 heterocycles. The van der Waals surface area contributed by atoms with Crippen LogP contribution in [0.3, 0.4) is 0 Å². The van der Waals surface area contributed by atoms with Crippen LogP contribution in [0, 0.1) is 12.8 Å². The molecule has 2 unspecified atom stereocenters. The molecule has 0 saturated carbocycles. The second kappa shape index (κ2) is 9.65. The Morgan fingerprint density at radius 3 is 2.37 bits per heavy atom. The number of rotatable bonds is 7. The highest BCUT2D eigenvalue weighted by atomic mass is 32.2. The number of hydrogen-bond donors (Lipinski definition) is 2. The van der Waals surface area contributed by atoms with E-state index >= 15 is 0 Å². The molecule has 30 heavy (non-hydrogen) atoms. The number of benzene rings is 1. The number of nitrogens with one attached hydrogen (secondary N) is 2. The van der Waals surface area contributed by atoms with Crippen LogP contribution in [0.25, 0.3) is 0 Å². The first kappa shape index (κ1) is 23.9. The SMILES string of the molecule is CNC(=O)C1CCCN(S(=O)(=O)c2cc(C)c(OC)c(OC)c2)C1C(=O)NC(C)C. The summed E-state index contributed by atoms with van der Waals surface area (Å²) in [5.41, 5.74) is 0.582. The zero-order chi connectivity index (χ0) is 22.6. The van der Waals surface area contributed by atoms with Crippen LogP contribution in [0.5, 0.6) is 11.5 Å². The van der Waals surface area contributed by atoms with Crippen LogP contribution < -0.4 is 20.1 Å². The second-order valence-corrected chi connectivity index (χ2v) is 9.45. The van der Waals surface area contributed by atoms with E-state index in [1.54, 1.807) is 20.8 Å². The van der Waals surface area contributed by atoms with E-state index in [4.69, 9.17) is 9.47 Å². The van der Waals surface area contributed by atoms with Gasteiger partial charge < -0.3 is 20.1 Å². The lowest BCUT2D eigenvalue weighted by atomic mass is 9.89. The summed E-state index contributed by atoms with van der Waals surface area (Å²) >= 11 is 0. The van der Waals surface area contributed by atoms with Gasteiger partial charge in [-0.2, -0.15) is 4.31 Å². The maximum atomic E-state index is 13.6. The number of carbonyl (C=O) groups is 2. The van der Waals surface area contributed by atoms with E-state index in [0.717, 1.165) is 4.31 Å². The molecule has 10 heteroatoms. The molecule has 1 aromatic rings. The highest BCUT2D eigenvalue weighted by Gasteiger charge is 2.46. The van der Waals surface area contributed by atoms with Gasteiger partial charge in [0, 0.05) is 25.7 Å². The lowest BCUT2D eigenvalue weighted by Crippen LogP contribution is -2.59. The molecule has 168 valence electrons. The van der Waals surface area contributed by atoms with Crippen molar-refractivity contribution < 1.29 is 27.5 Å². The molecule has 2 N–H and O–H groups in total. The van der Waals surface area contributed by atoms with Crippen molar-refractivity contribution in [3.63, 3.8) is 0 Å². The summed E-state index contributed by atoms with van der Waals surface area (Å²) in [5, 5.41) is 5.31. The summed E-state index contributed by atoms with van der Waals surface area (Å²) in [6.07, 6.45) is 0.891. The normalized spacial score (nSPS) is 20.0. The van der Waals surface area contributed by atoms with Crippen molar-refractivity contribution in [2.45, 2.75) is 50.6 Å². The summed E-state index contributed by atoms with van der Waals surface area (Å²) in [6, 6.07) is 1.52. The molecule has 1 aliphatic rings. The van der Waals surface area contributed by atoms with Gasteiger partial charge >= 0.3 is 0 Å². The van der Waals surface area contributed by atoms with Crippen LogP contribution in [0.2, 0.25) is 0 Å². The number of methoxy groups -OCH3 is 2. The first-order valence-corrected chi connectivity index (χ1v) is 11.3. The molecule has 0 spiro atoms. The predicted octanol–water partition coefficient (Wildman–Crippen LogP) is 1.05. The average molecular weight is 442 g/mol. The lowest BCUT2D eigenvalue weighted by Gasteiger charge is -2.38. The molecule has 1 aliphatic heterocycles. The zero-order valence-electron chi connectivity index (χ0n) is 18.3. The Balaban J connectivity index is 2.57. The van der Waals surface area contributed by atoms with Crippen molar-refractivity contribution in [3.8, 4) is 11.5 Å². The van der Waals surface area contributed by atoms with E-state index < -0.39 is 27.9 Å². The van der Waals surface area contributed by atoms with Crippen molar-refractivity contribution in [3.05, 3.63) is 17.7 Å². The van der Waals surface area contributed by atoms with Gasteiger partial charge in [-0.3, -0.25) is 9.59 Å². The highest BCUT2D eigenvalue weighted by molar-refractivity contribution is 7.89. The number of amides is 2. The molecule has 1 fully saturated rings.